The molecule has 0 aliphatic heterocycles. The average molecular weight is 162 g/mol. The van der Waals surface area contributed by atoms with Crippen molar-refractivity contribution in [2.24, 2.45) is 5.73 Å². The van der Waals surface area contributed by atoms with E-state index in [1.165, 1.54) is 6.08 Å². The molecule has 0 saturated carbocycles. The molecule has 0 aliphatic rings. The molecule has 0 unspecified atom stereocenters. The van der Waals surface area contributed by atoms with Crippen molar-refractivity contribution in [2.45, 2.75) is 6.92 Å². The predicted octanol–water partition coefficient (Wildman–Crippen LogP) is 1.13. The maximum atomic E-state index is 11.2. The Kier molecular flexibility index (Phi) is 2.58. The molecule has 1 aromatic heterocycles. The molecule has 0 fully saturated rings. The third-order valence-corrected chi connectivity index (χ3v) is 1.28. The zero-order chi connectivity index (χ0) is 8.97. The number of ketones is 1. The van der Waals surface area contributed by atoms with E-state index in [2.05, 4.69) is 4.98 Å². The average Bonchev–Trinajstić information content (AvgIpc) is 2.05. The molecule has 0 amide bonds. The van der Waals surface area contributed by atoms with Crippen LogP contribution in [-0.4, -0.2) is 10.8 Å². The van der Waals surface area contributed by atoms with Crippen LogP contribution in [0, 0.1) is 0 Å². The molecule has 1 heterocycles. The molecule has 0 aliphatic carbocycles. The van der Waals surface area contributed by atoms with Gasteiger partial charge < -0.3 is 5.73 Å². The number of carbonyl (C=O) groups excluding carboxylic acids is 1. The molecular formula is C9H10N2O. The third-order valence-electron chi connectivity index (χ3n) is 1.28. The van der Waals surface area contributed by atoms with Crippen LogP contribution in [0.4, 0.5) is 0 Å². The summed E-state index contributed by atoms with van der Waals surface area (Å²) in [6.45, 7) is 1.67. The Labute approximate surface area is 70.9 Å². The number of allylic oxidation sites excluding steroid dienone is 2. The van der Waals surface area contributed by atoms with Gasteiger partial charge in [-0.25, -0.2) is 0 Å². The number of hydrogen-bond acceptors (Lipinski definition) is 3. The van der Waals surface area contributed by atoms with E-state index in [0.717, 1.165) is 0 Å². The normalized spacial score (nSPS) is 11.2. The van der Waals surface area contributed by atoms with Crippen molar-refractivity contribution in [1.29, 1.82) is 0 Å². The highest BCUT2D eigenvalue weighted by atomic mass is 16.1. The lowest BCUT2D eigenvalue weighted by Gasteiger charge is -1.93. The minimum atomic E-state index is -0.157. The zero-order valence-corrected chi connectivity index (χ0v) is 6.82. The Hall–Kier alpha value is -1.64. The lowest BCUT2D eigenvalue weighted by Crippen LogP contribution is -2.01. The quantitative estimate of drug-likeness (QED) is 0.523. The van der Waals surface area contributed by atoms with Crippen LogP contribution in [0.2, 0.25) is 0 Å². The maximum Gasteiger partial charge on any atom is 0.205 e. The topological polar surface area (TPSA) is 56.0 Å². The Bertz CT molecular complexity index is 300. The summed E-state index contributed by atoms with van der Waals surface area (Å²) in [7, 11) is 0. The van der Waals surface area contributed by atoms with Crippen LogP contribution in [0.3, 0.4) is 0 Å². The number of nitrogens with zero attached hydrogens (tertiary/aromatic N) is 1. The van der Waals surface area contributed by atoms with Gasteiger partial charge in [-0.3, -0.25) is 9.78 Å². The lowest BCUT2D eigenvalue weighted by atomic mass is 10.2. The molecule has 0 spiro atoms. The molecule has 3 nitrogen and oxygen atoms in total. The fourth-order valence-corrected chi connectivity index (χ4v) is 0.789. The van der Waals surface area contributed by atoms with Crippen molar-refractivity contribution in [3.63, 3.8) is 0 Å². The van der Waals surface area contributed by atoms with Crippen molar-refractivity contribution in [1.82, 2.24) is 4.98 Å². The zero-order valence-electron chi connectivity index (χ0n) is 6.82. The van der Waals surface area contributed by atoms with E-state index < -0.39 is 0 Å². The van der Waals surface area contributed by atoms with Crippen LogP contribution < -0.4 is 5.73 Å². The molecule has 2 N–H and O–H groups in total. The van der Waals surface area contributed by atoms with Gasteiger partial charge in [-0.05, 0) is 19.1 Å². The molecule has 0 aromatic carbocycles. The summed E-state index contributed by atoms with van der Waals surface area (Å²) in [4.78, 5) is 15.1. The van der Waals surface area contributed by atoms with Gasteiger partial charge in [0.2, 0.25) is 5.78 Å². The van der Waals surface area contributed by atoms with E-state index >= 15 is 0 Å². The van der Waals surface area contributed by atoms with Crippen molar-refractivity contribution in [3.05, 3.63) is 41.9 Å². The molecule has 0 bridgehead atoms. The van der Waals surface area contributed by atoms with Crippen molar-refractivity contribution in [3.8, 4) is 0 Å². The van der Waals surface area contributed by atoms with E-state index in [0.29, 0.717) is 11.4 Å². The first-order valence-corrected chi connectivity index (χ1v) is 3.59. The Morgan fingerprint density at radius 3 is 2.83 bits per heavy atom. The second-order valence-corrected chi connectivity index (χ2v) is 2.47. The molecule has 1 aromatic rings. The second kappa shape index (κ2) is 3.67. The first-order chi connectivity index (χ1) is 5.70. The fourth-order valence-electron chi connectivity index (χ4n) is 0.789. The first kappa shape index (κ1) is 8.46. The number of pyridine rings is 1. The molecule has 0 saturated heterocycles. The minimum absolute atomic E-state index is 0.157. The summed E-state index contributed by atoms with van der Waals surface area (Å²) >= 11 is 0. The van der Waals surface area contributed by atoms with Gasteiger partial charge in [0, 0.05) is 18.0 Å². The molecule has 1 rings (SSSR count). The molecule has 12 heavy (non-hydrogen) atoms. The molecular weight excluding hydrogens is 152 g/mol. The number of hydrogen-bond donors (Lipinski definition) is 1. The SMILES string of the molecule is CC(N)=CC(=O)c1ccccn1. The molecule has 0 radical (unpaired) electrons. The molecule has 0 atom stereocenters. The number of nitrogens with two attached hydrogens (primary N) is 1. The first-order valence-electron chi connectivity index (χ1n) is 3.59. The van der Waals surface area contributed by atoms with Crippen LogP contribution in [-0.2, 0) is 0 Å². The Balaban J connectivity index is 2.87. The summed E-state index contributed by atoms with van der Waals surface area (Å²) in [5.74, 6) is -0.157. The van der Waals surface area contributed by atoms with E-state index in [4.69, 9.17) is 5.73 Å². The summed E-state index contributed by atoms with van der Waals surface area (Å²) in [5, 5.41) is 0. The second-order valence-electron chi connectivity index (χ2n) is 2.47. The third kappa shape index (κ3) is 2.20. The Morgan fingerprint density at radius 1 is 1.58 bits per heavy atom. The summed E-state index contributed by atoms with van der Waals surface area (Å²) in [5.41, 5.74) is 6.25. The van der Waals surface area contributed by atoms with E-state index in [-0.39, 0.29) is 5.78 Å². The van der Waals surface area contributed by atoms with Crippen LogP contribution in [0.1, 0.15) is 17.4 Å². The van der Waals surface area contributed by atoms with Crippen molar-refractivity contribution >= 4 is 5.78 Å². The van der Waals surface area contributed by atoms with Gasteiger partial charge in [0.1, 0.15) is 5.69 Å². The van der Waals surface area contributed by atoms with Crippen LogP contribution >= 0.6 is 0 Å². The van der Waals surface area contributed by atoms with Gasteiger partial charge in [-0.15, -0.1) is 0 Å². The summed E-state index contributed by atoms with van der Waals surface area (Å²) in [6.07, 6.45) is 2.94. The van der Waals surface area contributed by atoms with Gasteiger partial charge in [0.25, 0.3) is 0 Å². The highest BCUT2D eigenvalue weighted by Gasteiger charge is 2.01. The van der Waals surface area contributed by atoms with E-state index in [1.807, 2.05) is 0 Å². The molecule has 3 heteroatoms. The monoisotopic (exact) mass is 162 g/mol. The fraction of sp³-hybridized carbons (Fsp3) is 0.111. The summed E-state index contributed by atoms with van der Waals surface area (Å²) < 4.78 is 0. The largest absolute Gasteiger partial charge is 0.402 e. The Morgan fingerprint density at radius 2 is 2.33 bits per heavy atom. The van der Waals surface area contributed by atoms with Gasteiger partial charge >= 0.3 is 0 Å². The molecule has 62 valence electrons. The maximum absolute atomic E-state index is 11.2. The smallest absolute Gasteiger partial charge is 0.205 e. The van der Waals surface area contributed by atoms with Gasteiger partial charge in [-0.2, -0.15) is 0 Å². The number of carbonyl (C=O) groups is 1. The minimum Gasteiger partial charge on any atom is -0.402 e. The van der Waals surface area contributed by atoms with Crippen LogP contribution in [0.25, 0.3) is 0 Å². The number of rotatable bonds is 2. The predicted molar refractivity (Wildman–Crippen MR) is 46.5 cm³/mol. The van der Waals surface area contributed by atoms with Crippen LogP contribution in [0.15, 0.2) is 36.2 Å². The van der Waals surface area contributed by atoms with Crippen molar-refractivity contribution < 1.29 is 4.79 Å². The number of aromatic nitrogens is 1. The lowest BCUT2D eigenvalue weighted by molar-refractivity contribution is 0.104. The highest BCUT2D eigenvalue weighted by molar-refractivity contribution is 6.03. The van der Waals surface area contributed by atoms with Gasteiger partial charge in [0.05, 0.1) is 0 Å². The van der Waals surface area contributed by atoms with E-state index in [1.54, 1.807) is 31.3 Å². The van der Waals surface area contributed by atoms with Gasteiger partial charge in [0.15, 0.2) is 0 Å². The van der Waals surface area contributed by atoms with Crippen molar-refractivity contribution in [2.75, 3.05) is 0 Å². The summed E-state index contributed by atoms with van der Waals surface area (Å²) in [6, 6.07) is 5.18. The van der Waals surface area contributed by atoms with E-state index in [9.17, 15) is 4.79 Å². The van der Waals surface area contributed by atoms with Gasteiger partial charge in [-0.1, -0.05) is 6.07 Å². The highest BCUT2D eigenvalue weighted by Crippen LogP contribution is 1.97. The standard InChI is InChI=1S/C9H10N2O/c1-7(10)6-9(12)8-4-2-3-5-11-8/h2-6H,10H2,1H3. The van der Waals surface area contributed by atoms with Crippen LogP contribution in [0.5, 0.6) is 0 Å².